The molecule has 2 aromatic carbocycles. The van der Waals surface area contributed by atoms with Crippen molar-refractivity contribution < 1.29 is 0 Å². The smallest absolute Gasteiger partial charge is 0.137 e. The first-order valence-electron chi connectivity index (χ1n) is 10.1. The van der Waals surface area contributed by atoms with Crippen LogP contribution in [0.2, 0.25) is 0 Å². The minimum atomic E-state index is -0.0587. The van der Waals surface area contributed by atoms with Gasteiger partial charge >= 0.3 is 0 Å². The summed E-state index contributed by atoms with van der Waals surface area (Å²) in [6, 6.07) is 18.7. The van der Waals surface area contributed by atoms with Crippen molar-refractivity contribution >= 4 is 34.3 Å². The first kappa shape index (κ1) is 19.6. The number of anilines is 2. The molecular formula is C25H27N3S. The minimum Gasteiger partial charge on any atom is -0.347 e. The zero-order chi connectivity index (χ0) is 20.8. The maximum Gasteiger partial charge on any atom is 0.137 e. The van der Waals surface area contributed by atoms with E-state index in [9.17, 15) is 0 Å². The van der Waals surface area contributed by atoms with Gasteiger partial charge in [0.25, 0.3) is 0 Å². The van der Waals surface area contributed by atoms with Crippen LogP contribution in [0.5, 0.6) is 0 Å². The molecule has 0 spiro atoms. The van der Waals surface area contributed by atoms with Crippen LogP contribution in [0.25, 0.3) is 0 Å². The van der Waals surface area contributed by atoms with Crippen molar-refractivity contribution in [2.75, 3.05) is 17.0 Å². The van der Waals surface area contributed by atoms with Gasteiger partial charge in [0.15, 0.2) is 0 Å². The third-order valence-corrected chi connectivity index (χ3v) is 6.20. The Kier molecular flexibility index (Phi) is 4.91. The largest absolute Gasteiger partial charge is 0.347 e. The number of allylic oxidation sites excluding steroid dienone is 3. The topological polar surface area (TPSA) is 18.8 Å². The summed E-state index contributed by atoms with van der Waals surface area (Å²) >= 11 is 5.84. The molecule has 4 rings (SSSR count). The third kappa shape index (κ3) is 3.22. The lowest BCUT2D eigenvalue weighted by atomic mass is 9.83. The lowest BCUT2D eigenvalue weighted by Crippen LogP contribution is -2.23. The normalized spacial score (nSPS) is 20.8. The first-order valence-corrected chi connectivity index (χ1v) is 10.5. The second kappa shape index (κ2) is 7.27. The fraction of sp³-hybridized carbons (Fsp3) is 0.280. The van der Waals surface area contributed by atoms with Gasteiger partial charge in [-0.2, -0.15) is 5.10 Å². The molecule has 2 aliphatic rings. The molecule has 0 fully saturated rings. The van der Waals surface area contributed by atoms with Crippen LogP contribution in [-0.4, -0.2) is 17.7 Å². The molecule has 0 atom stereocenters. The van der Waals surface area contributed by atoms with E-state index < -0.39 is 0 Å². The van der Waals surface area contributed by atoms with Gasteiger partial charge in [-0.15, -0.1) is 0 Å². The molecule has 4 heteroatoms. The van der Waals surface area contributed by atoms with Crippen LogP contribution in [0.4, 0.5) is 11.4 Å². The van der Waals surface area contributed by atoms with Gasteiger partial charge in [-0.3, -0.25) is 0 Å². The van der Waals surface area contributed by atoms with Crippen LogP contribution >= 0.6 is 12.2 Å². The lowest BCUT2D eigenvalue weighted by Gasteiger charge is -2.24. The Balaban J connectivity index is 1.74. The van der Waals surface area contributed by atoms with Gasteiger partial charge in [0.1, 0.15) is 4.99 Å². The summed E-state index contributed by atoms with van der Waals surface area (Å²) < 4.78 is 0. The van der Waals surface area contributed by atoms with E-state index in [1.807, 2.05) is 35.3 Å². The van der Waals surface area contributed by atoms with E-state index in [1.165, 1.54) is 16.9 Å². The standard InChI is InChI=1S/C25H27N3S/c1-17(2)23-19(24(29)28(26-23)18-11-7-6-8-12-18)15-16-22-25(3,4)20-13-9-10-14-21(20)27(22)5/h6-17H,1-5H3. The summed E-state index contributed by atoms with van der Waals surface area (Å²) in [4.78, 5) is 3.04. The van der Waals surface area contributed by atoms with Crippen molar-refractivity contribution in [1.82, 2.24) is 0 Å². The Morgan fingerprint density at radius 3 is 2.28 bits per heavy atom. The van der Waals surface area contributed by atoms with Gasteiger partial charge < -0.3 is 4.90 Å². The summed E-state index contributed by atoms with van der Waals surface area (Å²) in [6.07, 6.45) is 4.37. The van der Waals surface area contributed by atoms with Gasteiger partial charge in [0, 0.05) is 29.4 Å². The van der Waals surface area contributed by atoms with Crippen LogP contribution in [-0.2, 0) is 5.41 Å². The minimum absolute atomic E-state index is 0.0587. The number of benzene rings is 2. The highest BCUT2D eigenvalue weighted by molar-refractivity contribution is 7.81. The lowest BCUT2D eigenvalue weighted by molar-refractivity contribution is 0.640. The Bertz CT molecular complexity index is 1040. The maximum atomic E-state index is 5.84. The van der Waals surface area contributed by atoms with Crippen LogP contribution in [0.1, 0.15) is 33.3 Å². The van der Waals surface area contributed by atoms with E-state index in [1.54, 1.807) is 0 Å². The predicted octanol–water partition coefficient (Wildman–Crippen LogP) is 6.08. The molecule has 0 aliphatic carbocycles. The second-order valence-electron chi connectivity index (χ2n) is 8.43. The van der Waals surface area contributed by atoms with Crippen molar-refractivity contribution in [2.24, 2.45) is 11.0 Å². The number of hydrogen-bond acceptors (Lipinski definition) is 3. The molecule has 2 aromatic rings. The van der Waals surface area contributed by atoms with Crippen molar-refractivity contribution in [3.63, 3.8) is 0 Å². The molecule has 3 nitrogen and oxygen atoms in total. The Morgan fingerprint density at radius 2 is 1.62 bits per heavy atom. The predicted molar refractivity (Wildman–Crippen MR) is 128 cm³/mol. The molecule has 0 radical (unpaired) electrons. The quantitative estimate of drug-likeness (QED) is 0.458. The molecule has 2 aliphatic heterocycles. The molecule has 0 N–H and O–H groups in total. The average molecular weight is 402 g/mol. The zero-order valence-electron chi connectivity index (χ0n) is 17.7. The summed E-state index contributed by atoms with van der Waals surface area (Å²) in [6.45, 7) is 8.89. The molecule has 0 saturated carbocycles. The highest BCUT2D eigenvalue weighted by Gasteiger charge is 2.38. The van der Waals surface area contributed by atoms with Crippen LogP contribution in [0.15, 0.2) is 83.1 Å². The zero-order valence-corrected chi connectivity index (χ0v) is 18.5. The van der Waals surface area contributed by atoms with Gasteiger partial charge in [0.05, 0.1) is 11.4 Å². The number of rotatable bonds is 3. The summed E-state index contributed by atoms with van der Waals surface area (Å²) in [5, 5.41) is 6.74. The van der Waals surface area contributed by atoms with E-state index in [0.29, 0.717) is 0 Å². The van der Waals surface area contributed by atoms with Crippen LogP contribution < -0.4 is 9.91 Å². The molecule has 0 aromatic heterocycles. The average Bonchev–Trinajstić information content (AvgIpc) is 3.14. The number of hydrogen-bond donors (Lipinski definition) is 0. The molecule has 2 heterocycles. The number of thiocarbonyl (C=S) groups is 1. The highest BCUT2D eigenvalue weighted by atomic mass is 32.1. The SMILES string of the molecule is CC(C)C1=NN(c2ccccc2)C(=S)C1=CC=C1N(C)c2ccccc2C1(C)C. The molecule has 148 valence electrons. The number of likely N-dealkylation sites (N-methyl/N-ethyl adjacent to an activating group) is 1. The van der Waals surface area contributed by atoms with Gasteiger partial charge in [-0.1, -0.05) is 76.3 Å². The van der Waals surface area contributed by atoms with Gasteiger partial charge in [-0.05, 0) is 41.8 Å². The second-order valence-corrected chi connectivity index (χ2v) is 8.81. The number of fused-ring (bicyclic) bond motifs is 1. The van der Waals surface area contributed by atoms with Crippen molar-refractivity contribution in [3.8, 4) is 0 Å². The summed E-state index contributed by atoms with van der Waals surface area (Å²) in [5.41, 5.74) is 6.88. The van der Waals surface area contributed by atoms with E-state index >= 15 is 0 Å². The van der Waals surface area contributed by atoms with Gasteiger partial charge in [0.2, 0.25) is 0 Å². The van der Waals surface area contributed by atoms with Crippen molar-refractivity contribution in [1.29, 1.82) is 0 Å². The van der Waals surface area contributed by atoms with Gasteiger partial charge in [-0.25, -0.2) is 5.01 Å². The van der Waals surface area contributed by atoms with E-state index in [4.69, 9.17) is 17.3 Å². The number of para-hydroxylation sites is 2. The van der Waals surface area contributed by atoms with E-state index in [0.717, 1.165) is 22.0 Å². The first-order chi connectivity index (χ1) is 13.8. The maximum absolute atomic E-state index is 5.84. The Morgan fingerprint density at radius 1 is 0.966 bits per heavy atom. The van der Waals surface area contributed by atoms with Crippen molar-refractivity contribution in [3.05, 3.63) is 83.6 Å². The summed E-state index contributed by atoms with van der Waals surface area (Å²) in [5.74, 6) is 0.290. The van der Waals surface area contributed by atoms with Crippen LogP contribution in [0, 0.1) is 5.92 Å². The molecular weight excluding hydrogens is 374 g/mol. The Hall–Kier alpha value is -2.72. The fourth-order valence-corrected chi connectivity index (χ4v) is 4.54. The van der Waals surface area contributed by atoms with Crippen molar-refractivity contribution in [2.45, 2.75) is 33.1 Å². The van der Waals surface area contributed by atoms with Crippen LogP contribution in [0.3, 0.4) is 0 Å². The van der Waals surface area contributed by atoms with E-state index in [-0.39, 0.29) is 11.3 Å². The highest BCUT2D eigenvalue weighted by Crippen LogP contribution is 2.46. The molecule has 0 unspecified atom stereocenters. The summed E-state index contributed by atoms with van der Waals surface area (Å²) in [7, 11) is 2.14. The third-order valence-electron chi connectivity index (χ3n) is 5.80. The molecule has 0 amide bonds. The Labute approximate surface area is 179 Å². The molecule has 0 bridgehead atoms. The number of nitrogens with zero attached hydrogens (tertiary/aromatic N) is 3. The molecule has 29 heavy (non-hydrogen) atoms. The number of hydrazone groups is 1. The monoisotopic (exact) mass is 401 g/mol. The van der Waals surface area contributed by atoms with E-state index in [2.05, 4.69) is 76.1 Å². The fourth-order valence-electron chi connectivity index (χ4n) is 4.22. The molecule has 0 saturated heterocycles.